The van der Waals surface area contributed by atoms with Crippen molar-refractivity contribution in [1.29, 1.82) is 0 Å². The molecule has 0 saturated carbocycles. The Bertz CT molecular complexity index is 800. The molecule has 2 aliphatic rings. The number of anilines is 1. The van der Waals surface area contributed by atoms with Crippen molar-refractivity contribution in [1.82, 2.24) is 10.2 Å². The first-order chi connectivity index (χ1) is 13.2. The minimum atomic E-state index is -0.0295. The Hall–Kier alpha value is -1.75. The van der Waals surface area contributed by atoms with Gasteiger partial charge in [0.05, 0.1) is 12.1 Å². The minimum Gasteiger partial charge on any atom is -0.399 e. The number of nitrogens with one attached hydrogen (secondary N) is 1. The van der Waals surface area contributed by atoms with E-state index in [9.17, 15) is 4.79 Å². The van der Waals surface area contributed by atoms with Crippen molar-refractivity contribution < 1.29 is 4.79 Å². The lowest BCUT2D eigenvalue weighted by molar-refractivity contribution is -0.128. The normalized spacial score (nSPS) is 21.2. The molecule has 6 heteroatoms. The molecular formula is C23H31Cl2N3O. The van der Waals surface area contributed by atoms with Crippen LogP contribution in [0.25, 0.3) is 0 Å². The van der Waals surface area contributed by atoms with Gasteiger partial charge in [0.2, 0.25) is 5.91 Å². The zero-order valence-electron chi connectivity index (χ0n) is 16.7. The zero-order chi connectivity index (χ0) is 18.6. The van der Waals surface area contributed by atoms with Crippen molar-refractivity contribution in [3.8, 4) is 0 Å². The van der Waals surface area contributed by atoms with Crippen LogP contribution >= 0.6 is 24.8 Å². The molecule has 1 aliphatic heterocycles. The molecule has 1 aliphatic carbocycles. The molecular weight excluding hydrogens is 405 g/mol. The molecule has 2 unspecified atom stereocenters. The van der Waals surface area contributed by atoms with E-state index in [-0.39, 0.29) is 42.8 Å². The molecule has 29 heavy (non-hydrogen) atoms. The van der Waals surface area contributed by atoms with Gasteiger partial charge in [0, 0.05) is 12.2 Å². The smallest absolute Gasteiger partial charge is 0.237 e. The Morgan fingerprint density at radius 3 is 2.62 bits per heavy atom. The molecule has 2 aromatic carbocycles. The van der Waals surface area contributed by atoms with Gasteiger partial charge in [-0.25, -0.2) is 0 Å². The molecule has 158 valence electrons. The van der Waals surface area contributed by atoms with E-state index in [0.29, 0.717) is 0 Å². The number of nitrogen functional groups attached to an aromatic ring is 1. The molecule has 1 heterocycles. The maximum Gasteiger partial charge on any atom is 0.237 e. The Labute approximate surface area is 186 Å². The molecule has 1 saturated heterocycles. The summed E-state index contributed by atoms with van der Waals surface area (Å²) in [4.78, 5) is 15.5. The highest BCUT2D eigenvalue weighted by molar-refractivity contribution is 5.85. The first-order valence-corrected chi connectivity index (χ1v) is 10.2. The molecule has 0 bridgehead atoms. The van der Waals surface area contributed by atoms with Crippen molar-refractivity contribution in [2.75, 3.05) is 12.3 Å². The van der Waals surface area contributed by atoms with E-state index in [1.54, 1.807) is 0 Å². The summed E-state index contributed by atoms with van der Waals surface area (Å²) in [6, 6.07) is 16.7. The molecule has 4 nitrogen and oxygen atoms in total. The monoisotopic (exact) mass is 435 g/mol. The zero-order valence-corrected chi connectivity index (χ0v) is 18.3. The van der Waals surface area contributed by atoms with Crippen LogP contribution in [0, 0.1) is 0 Å². The van der Waals surface area contributed by atoms with Gasteiger partial charge in [-0.2, -0.15) is 0 Å². The first kappa shape index (κ1) is 23.5. The number of carbonyl (C=O) groups is 1. The summed E-state index contributed by atoms with van der Waals surface area (Å²) in [6.07, 6.45) is 6.40. The van der Waals surface area contributed by atoms with Crippen molar-refractivity contribution in [2.24, 2.45) is 0 Å². The molecule has 0 aromatic heterocycles. The van der Waals surface area contributed by atoms with Gasteiger partial charge in [-0.3, -0.25) is 9.69 Å². The lowest BCUT2D eigenvalue weighted by atomic mass is 9.87. The van der Waals surface area contributed by atoms with Crippen LogP contribution in [0.4, 0.5) is 5.69 Å². The number of piperidine rings is 1. The summed E-state index contributed by atoms with van der Waals surface area (Å²) in [5.74, 6) is 0.181. The second-order valence-corrected chi connectivity index (χ2v) is 7.88. The fourth-order valence-electron chi connectivity index (χ4n) is 4.55. The molecule has 4 rings (SSSR count). The minimum absolute atomic E-state index is 0. The van der Waals surface area contributed by atoms with Gasteiger partial charge in [0.25, 0.3) is 0 Å². The van der Waals surface area contributed by atoms with E-state index in [2.05, 4.69) is 46.6 Å². The number of amides is 1. The fraction of sp³-hybridized carbons (Fsp3) is 0.435. The van der Waals surface area contributed by atoms with Crippen LogP contribution in [0.5, 0.6) is 0 Å². The number of nitrogens with zero attached hydrogens (tertiary/aromatic N) is 1. The van der Waals surface area contributed by atoms with E-state index in [1.807, 2.05) is 12.1 Å². The Morgan fingerprint density at radius 2 is 1.83 bits per heavy atom. The number of nitrogens with two attached hydrogens (primary N) is 1. The summed E-state index contributed by atoms with van der Waals surface area (Å²) in [5, 5.41) is 3.36. The van der Waals surface area contributed by atoms with Gasteiger partial charge in [-0.05, 0) is 67.5 Å². The van der Waals surface area contributed by atoms with Crippen LogP contribution in [-0.4, -0.2) is 23.4 Å². The number of hydrogen-bond acceptors (Lipinski definition) is 3. The average molecular weight is 436 g/mol. The second kappa shape index (κ2) is 10.9. The number of carbonyl (C=O) groups excluding carboxylic acids is 1. The highest BCUT2D eigenvalue weighted by Crippen LogP contribution is 2.31. The van der Waals surface area contributed by atoms with Crippen molar-refractivity contribution >= 4 is 36.4 Å². The number of hydrogen-bond donors (Lipinski definition) is 2. The summed E-state index contributed by atoms with van der Waals surface area (Å²) >= 11 is 0. The second-order valence-electron chi connectivity index (χ2n) is 7.88. The largest absolute Gasteiger partial charge is 0.399 e. The first-order valence-electron chi connectivity index (χ1n) is 10.2. The lowest BCUT2D eigenvalue weighted by Crippen LogP contribution is -2.50. The molecule has 3 N–H and O–H groups in total. The number of aryl methyl sites for hydroxylation is 1. The van der Waals surface area contributed by atoms with Gasteiger partial charge >= 0.3 is 0 Å². The Balaban J connectivity index is 0.00000150. The highest BCUT2D eigenvalue weighted by atomic mass is 35.5. The molecule has 2 atom stereocenters. The molecule has 1 amide bonds. The molecule has 2 aromatic rings. The van der Waals surface area contributed by atoms with Gasteiger partial charge in [0.15, 0.2) is 0 Å². The fourth-order valence-corrected chi connectivity index (χ4v) is 4.55. The summed E-state index contributed by atoms with van der Waals surface area (Å²) in [7, 11) is 0. The summed E-state index contributed by atoms with van der Waals surface area (Å²) < 4.78 is 0. The third-order valence-electron chi connectivity index (χ3n) is 5.94. The maximum absolute atomic E-state index is 13.2. The van der Waals surface area contributed by atoms with Gasteiger partial charge in [-0.15, -0.1) is 24.8 Å². The summed E-state index contributed by atoms with van der Waals surface area (Å²) in [5.41, 5.74) is 10.6. The predicted molar refractivity (Wildman–Crippen MR) is 124 cm³/mol. The van der Waals surface area contributed by atoms with Gasteiger partial charge in [0.1, 0.15) is 0 Å². The number of fused-ring (bicyclic) bond motifs is 1. The third kappa shape index (κ3) is 5.65. The van der Waals surface area contributed by atoms with Gasteiger partial charge in [-0.1, -0.05) is 42.8 Å². The van der Waals surface area contributed by atoms with E-state index < -0.39 is 0 Å². The molecule has 1 fully saturated rings. The third-order valence-corrected chi connectivity index (χ3v) is 5.94. The van der Waals surface area contributed by atoms with Crippen molar-refractivity contribution in [3.05, 3.63) is 65.2 Å². The Kier molecular flexibility index (Phi) is 8.81. The van der Waals surface area contributed by atoms with Crippen LogP contribution < -0.4 is 11.1 Å². The van der Waals surface area contributed by atoms with E-state index in [1.165, 1.54) is 23.1 Å². The quantitative estimate of drug-likeness (QED) is 0.686. The van der Waals surface area contributed by atoms with Crippen LogP contribution in [0.2, 0.25) is 0 Å². The molecule has 0 spiro atoms. The number of likely N-dealkylation sites (tertiary alicyclic amines) is 1. The van der Waals surface area contributed by atoms with Crippen molar-refractivity contribution in [2.45, 2.75) is 57.2 Å². The predicted octanol–water partition coefficient (Wildman–Crippen LogP) is 4.66. The van der Waals surface area contributed by atoms with Crippen LogP contribution in [0.15, 0.2) is 48.5 Å². The lowest BCUT2D eigenvalue weighted by Gasteiger charge is -2.36. The van der Waals surface area contributed by atoms with E-state index in [0.717, 1.165) is 50.9 Å². The number of rotatable bonds is 4. The van der Waals surface area contributed by atoms with Gasteiger partial charge < -0.3 is 11.1 Å². The summed E-state index contributed by atoms with van der Waals surface area (Å²) in [6.45, 7) is 1.83. The van der Waals surface area contributed by atoms with Crippen LogP contribution in [-0.2, 0) is 17.8 Å². The molecule has 0 radical (unpaired) electrons. The number of halogens is 2. The maximum atomic E-state index is 13.2. The van der Waals surface area contributed by atoms with Crippen LogP contribution in [0.1, 0.15) is 54.8 Å². The average Bonchev–Trinajstić information content (AvgIpc) is 2.69. The Morgan fingerprint density at radius 1 is 1.03 bits per heavy atom. The van der Waals surface area contributed by atoms with Crippen LogP contribution in [0.3, 0.4) is 0 Å². The number of benzene rings is 2. The topological polar surface area (TPSA) is 58.4 Å². The standard InChI is InChI=1S/C23H29N3O.2ClH/c24-19-12-13-20-18(15-19)9-6-10-21(20)25-23(27)22-11-4-5-14-26(22)16-17-7-2-1-3-8-17;;/h1-3,7-8,12-13,15,21-22H,4-6,9-11,14,16,24H2,(H,25,27);2*1H. The van der Waals surface area contributed by atoms with E-state index in [4.69, 9.17) is 5.73 Å². The SMILES string of the molecule is Cl.Cl.Nc1ccc2c(c1)CCCC2NC(=O)C1CCCCN1Cc1ccccc1. The van der Waals surface area contributed by atoms with E-state index >= 15 is 0 Å². The van der Waals surface area contributed by atoms with Crippen molar-refractivity contribution in [3.63, 3.8) is 0 Å². The highest BCUT2D eigenvalue weighted by Gasteiger charge is 2.31.